The van der Waals surface area contributed by atoms with Gasteiger partial charge >= 0.3 is 0 Å². The monoisotopic (exact) mass is 363 g/mol. The van der Waals surface area contributed by atoms with Gasteiger partial charge in [0, 0.05) is 57.5 Å². The zero-order valence-electron chi connectivity index (χ0n) is 15.7. The van der Waals surface area contributed by atoms with E-state index in [-0.39, 0.29) is 36.7 Å². The van der Waals surface area contributed by atoms with E-state index in [1.165, 1.54) is 12.8 Å². The normalized spacial score (nSPS) is 23.5. The lowest BCUT2D eigenvalue weighted by Crippen LogP contribution is -2.35. The lowest BCUT2D eigenvalue weighted by molar-refractivity contribution is -0.133. The summed E-state index contributed by atoms with van der Waals surface area (Å²) in [5.74, 6) is 1.01. The van der Waals surface area contributed by atoms with E-state index in [0.717, 1.165) is 24.3 Å². The third-order valence-corrected chi connectivity index (χ3v) is 5.46. The average molecular weight is 363 g/mol. The van der Waals surface area contributed by atoms with E-state index < -0.39 is 0 Å². The molecule has 2 fully saturated rings. The molecule has 1 aliphatic heterocycles. The first-order chi connectivity index (χ1) is 12.5. The molecule has 1 N–H and O–H groups in total. The molecule has 1 aromatic rings. The fourth-order valence-electron chi connectivity index (χ4n) is 4.03. The van der Waals surface area contributed by atoms with Crippen molar-refractivity contribution in [2.24, 2.45) is 5.92 Å². The Labute approximate surface area is 154 Å². The van der Waals surface area contributed by atoms with Crippen molar-refractivity contribution < 1.29 is 18.8 Å². The van der Waals surface area contributed by atoms with Crippen LogP contribution in [0.4, 0.5) is 0 Å². The SMILES string of the molecule is COC1CN(C(=O)CCC(=O)NC2CCCC2)CC1Cc1cc(C)no1. The van der Waals surface area contributed by atoms with Crippen LogP contribution in [0.25, 0.3) is 0 Å². The molecule has 2 atom stereocenters. The van der Waals surface area contributed by atoms with Gasteiger partial charge in [-0.1, -0.05) is 18.0 Å². The lowest BCUT2D eigenvalue weighted by atomic mass is 10.0. The van der Waals surface area contributed by atoms with Crippen molar-refractivity contribution in [3.05, 3.63) is 17.5 Å². The number of amides is 2. The molecule has 2 amide bonds. The first-order valence-corrected chi connectivity index (χ1v) is 9.57. The van der Waals surface area contributed by atoms with Crippen LogP contribution in [0.1, 0.15) is 50.0 Å². The van der Waals surface area contributed by atoms with Crippen LogP contribution in [0.15, 0.2) is 10.6 Å². The quantitative estimate of drug-likeness (QED) is 0.799. The topological polar surface area (TPSA) is 84.7 Å². The molecule has 26 heavy (non-hydrogen) atoms. The number of carbonyl (C=O) groups is 2. The van der Waals surface area contributed by atoms with Crippen LogP contribution < -0.4 is 5.32 Å². The highest BCUT2D eigenvalue weighted by molar-refractivity contribution is 5.84. The van der Waals surface area contributed by atoms with E-state index >= 15 is 0 Å². The van der Waals surface area contributed by atoms with Crippen LogP contribution in [0.5, 0.6) is 0 Å². The Hall–Kier alpha value is -1.89. The minimum atomic E-state index is -0.0170. The van der Waals surface area contributed by atoms with E-state index in [4.69, 9.17) is 9.26 Å². The summed E-state index contributed by atoms with van der Waals surface area (Å²) in [6, 6.07) is 2.22. The van der Waals surface area contributed by atoms with Crippen molar-refractivity contribution in [2.75, 3.05) is 20.2 Å². The molecular formula is C19H29N3O4. The van der Waals surface area contributed by atoms with Gasteiger partial charge in [0.1, 0.15) is 5.76 Å². The summed E-state index contributed by atoms with van der Waals surface area (Å²) in [6.07, 6.45) is 5.68. The minimum absolute atomic E-state index is 0.0126. The second kappa shape index (κ2) is 8.66. The molecule has 0 bridgehead atoms. The highest BCUT2D eigenvalue weighted by atomic mass is 16.5. The van der Waals surface area contributed by atoms with Crippen LogP contribution in [0.2, 0.25) is 0 Å². The van der Waals surface area contributed by atoms with Crippen molar-refractivity contribution in [3.8, 4) is 0 Å². The molecule has 7 heteroatoms. The number of nitrogens with one attached hydrogen (secondary N) is 1. The van der Waals surface area contributed by atoms with Gasteiger partial charge in [-0.2, -0.15) is 0 Å². The molecule has 7 nitrogen and oxygen atoms in total. The molecule has 1 saturated heterocycles. The predicted octanol–water partition coefficient (Wildman–Crippen LogP) is 1.84. The summed E-state index contributed by atoms with van der Waals surface area (Å²) >= 11 is 0. The first-order valence-electron chi connectivity index (χ1n) is 9.57. The van der Waals surface area contributed by atoms with Crippen molar-refractivity contribution in [1.29, 1.82) is 0 Å². The van der Waals surface area contributed by atoms with Gasteiger partial charge < -0.3 is 19.5 Å². The largest absolute Gasteiger partial charge is 0.379 e. The molecule has 0 spiro atoms. The third kappa shape index (κ3) is 4.84. The number of likely N-dealkylation sites (tertiary alicyclic amines) is 1. The van der Waals surface area contributed by atoms with E-state index in [9.17, 15) is 9.59 Å². The lowest BCUT2D eigenvalue weighted by Gasteiger charge is -2.16. The van der Waals surface area contributed by atoms with Crippen LogP contribution in [-0.4, -0.2) is 54.2 Å². The summed E-state index contributed by atoms with van der Waals surface area (Å²) < 4.78 is 10.9. The molecule has 1 aromatic heterocycles. The molecule has 1 aliphatic carbocycles. The number of methoxy groups -OCH3 is 1. The van der Waals surface area contributed by atoms with Gasteiger partial charge in [0.25, 0.3) is 0 Å². The average Bonchev–Trinajstić information content (AvgIpc) is 3.35. The number of nitrogens with zero attached hydrogens (tertiary/aromatic N) is 2. The zero-order valence-corrected chi connectivity index (χ0v) is 15.7. The number of hydrogen-bond donors (Lipinski definition) is 1. The molecular weight excluding hydrogens is 334 g/mol. The molecule has 2 unspecified atom stereocenters. The van der Waals surface area contributed by atoms with Crippen molar-refractivity contribution >= 4 is 11.8 Å². The molecule has 1 saturated carbocycles. The Balaban J connectivity index is 1.45. The minimum Gasteiger partial charge on any atom is -0.379 e. The molecule has 2 aliphatic rings. The summed E-state index contributed by atoms with van der Waals surface area (Å²) in [6.45, 7) is 3.08. The van der Waals surface area contributed by atoms with Gasteiger partial charge in [-0.05, 0) is 19.8 Å². The maximum absolute atomic E-state index is 12.5. The summed E-state index contributed by atoms with van der Waals surface area (Å²) in [5, 5.41) is 6.95. The molecule has 2 heterocycles. The summed E-state index contributed by atoms with van der Waals surface area (Å²) in [7, 11) is 1.67. The van der Waals surface area contributed by atoms with E-state index in [1.54, 1.807) is 7.11 Å². The van der Waals surface area contributed by atoms with E-state index in [2.05, 4.69) is 10.5 Å². The Bertz CT molecular complexity index is 624. The highest BCUT2D eigenvalue weighted by Crippen LogP contribution is 2.25. The highest BCUT2D eigenvalue weighted by Gasteiger charge is 2.36. The first kappa shape index (κ1) is 18.9. The van der Waals surface area contributed by atoms with E-state index in [1.807, 2.05) is 17.9 Å². The van der Waals surface area contributed by atoms with Crippen LogP contribution in [-0.2, 0) is 20.7 Å². The fourth-order valence-corrected chi connectivity index (χ4v) is 4.03. The maximum Gasteiger partial charge on any atom is 0.223 e. The Morgan fingerprint density at radius 1 is 1.31 bits per heavy atom. The smallest absolute Gasteiger partial charge is 0.223 e. The van der Waals surface area contributed by atoms with Gasteiger partial charge in [0.15, 0.2) is 0 Å². The van der Waals surface area contributed by atoms with Crippen LogP contribution in [0.3, 0.4) is 0 Å². The number of carbonyl (C=O) groups excluding carboxylic acids is 2. The van der Waals surface area contributed by atoms with Gasteiger partial charge in [-0.15, -0.1) is 0 Å². The van der Waals surface area contributed by atoms with Crippen LogP contribution in [0, 0.1) is 12.8 Å². The number of ether oxygens (including phenoxy) is 1. The number of aryl methyl sites for hydroxylation is 1. The second-order valence-corrected chi connectivity index (χ2v) is 7.52. The summed E-state index contributed by atoms with van der Waals surface area (Å²) in [5.41, 5.74) is 0.855. The van der Waals surface area contributed by atoms with Gasteiger partial charge in [0.2, 0.25) is 11.8 Å². The van der Waals surface area contributed by atoms with E-state index in [0.29, 0.717) is 25.6 Å². The zero-order chi connectivity index (χ0) is 18.5. The van der Waals surface area contributed by atoms with Crippen molar-refractivity contribution in [1.82, 2.24) is 15.4 Å². The second-order valence-electron chi connectivity index (χ2n) is 7.52. The number of hydrogen-bond acceptors (Lipinski definition) is 5. The van der Waals surface area contributed by atoms with Gasteiger partial charge in [-0.25, -0.2) is 0 Å². The Morgan fingerprint density at radius 2 is 2.08 bits per heavy atom. The third-order valence-electron chi connectivity index (χ3n) is 5.46. The molecule has 0 aromatic carbocycles. The Kier molecular flexibility index (Phi) is 6.29. The van der Waals surface area contributed by atoms with Gasteiger partial charge in [0.05, 0.1) is 11.8 Å². The van der Waals surface area contributed by atoms with Crippen molar-refractivity contribution in [3.63, 3.8) is 0 Å². The van der Waals surface area contributed by atoms with Crippen molar-refractivity contribution in [2.45, 2.75) is 64.0 Å². The predicted molar refractivity (Wildman–Crippen MR) is 95.4 cm³/mol. The maximum atomic E-state index is 12.5. The number of rotatable bonds is 7. The summed E-state index contributed by atoms with van der Waals surface area (Å²) in [4.78, 5) is 26.3. The fraction of sp³-hybridized carbons (Fsp3) is 0.737. The molecule has 0 radical (unpaired) electrons. The molecule has 144 valence electrons. The van der Waals surface area contributed by atoms with Crippen LogP contribution >= 0.6 is 0 Å². The standard InChI is InChI=1S/C19H29N3O4/c1-13-9-16(26-21-13)10-14-11-22(12-17(14)25-2)19(24)8-7-18(23)20-15-5-3-4-6-15/h9,14-15,17H,3-8,10-12H2,1-2H3,(H,20,23). The molecule has 3 rings (SSSR count). The number of aromatic nitrogens is 1. The van der Waals surface area contributed by atoms with Gasteiger partial charge in [-0.3, -0.25) is 9.59 Å². The Morgan fingerprint density at radius 3 is 2.73 bits per heavy atom.